The molecule has 2 heterocycles. The average Bonchev–Trinajstić information content (AvgIpc) is 2.86. The summed E-state index contributed by atoms with van der Waals surface area (Å²) in [5.41, 5.74) is 0.0397. The number of nitro benzene ring substituents is 1. The Labute approximate surface area is 194 Å². The third kappa shape index (κ3) is 5.36. The van der Waals surface area contributed by atoms with Gasteiger partial charge in [-0.3, -0.25) is 24.6 Å². The monoisotopic (exact) mass is 463 g/mol. The molecular formula is C24H21N3O7. The highest BCUT2D eigenvalue weighted by Crippen LogP contribution is 2.16. The fraction of sp³-hybridized carbons (Fsp3) is 0.208. The molecule has 0 saturated carbocycles. The number of rotatable bonds is 6. The molecule has 1 aliphatic heterocycles. The maximum atomic E-state index is 12.6. The van der Waals surface area contributed by atoms with Crippen LogP contribution in [-0.2, 0) is 6.54 Å². The summed E-state index contributed by atoms with van der Waals surface area (Å²) in [7, 11) is 0. The summed E-state index contributed by atoms with van der Waals surface area (Å²) in [4.78, 5) is 51.2. The first-order valence-corrected chi connectivity index (χ1v) is 10.6. The number of benzene rings is 2. The van der Waals surface area contributed by atoms with Crippen molar-refractivity contribution in [3.63, 3.8) is 0 Å². The second kappa shape index (κ2) is 10.1. The number of hydrogen-bond acceptors (Lipinski definition) is 8. The number of carbonyl (C=O) groups excluding carboxylic acids is 2. The van der Waals surface area contributed by atoms with E-state index in [1.807, 2.05) is 18.2 Å². The Hall–Kier alpha value is -4.31. The molecule has 1 aliphatic rings. The van der Waals surface area contributed by atoms with E-state index < -0.39 is 16.3 Å². The van der Waals surface area contributed by atoms with Crippen LogP contribution in [0.25, 0.3) is 0 Å². The van der Waals surface area contributed by atoms with Crippen molar-refractivity contribution in [2.45, 2.75) is 6.54 Å². The van der Waals surface area contributed by atoms with Crippen LogP contribution >= 0.6 is 0 Å². The molecule has 0 aliphatic carbocycles. The number of amides is 1. The maximum Gasteiger partial charge on any atom is 0.343 e. The average molecular weight is 463 g/mol. The minimum absolute atomic E-state index is 0.00836. The van der Waals surface area contributed by atoms with Gasteiger partial charge in [0.2, 0.25) is 11.2 Å². The SMILES string of the molecule is O=C(Oc1coc(CN2CCN(C(=O)c3ccccc3)CC2)cc1=O)c1ccc([N+](=O)[O-])cc1. The fourth-order valence-corrected chi connectivity index (χ4v) is 3.57. The predicted octanol–water partition coefficient (Wildman–Crippen LogP) is 2.73. The van der Waals surface area contributed by atoms with Crippen molar-refractivity contribution in [3.8, 4) is 5.75 Å². The summed E-state index contributed by atoms with van der Waals surface area (Å²) in [5.74, 6) is -0.700. The van der Waals surface area contributed by atoms with Crippen LogP contribution in [0.1, 0.15) is 26.5 Å². The van der Waals surface area contributed by atoms with E-state index in [9.17, 15) is 24.5 Å². The predicted molar refractivity (Wildman–Crippen MR) is 121 cm³/mol. The molecule has 1 saturated heterocycles. The third-order valence-electron chi connectivity index (χ3n) is 5.43. The van der Waals surface area contributed by atoms with Crippen molar-refractivity contribution in [2.24, 2.45) is 0 Å². The lowest BCUT2D eigenvalue weighted by Gasteiger charge is -2.34. The number of piperazine rings is 1. The summed E-state index contributed by atoms with van der Waals surface area (Å²) in [6, 6.07) is 15.2. The van der Waals surface area contributed by atoms with Crippen molar-refractivity contribution in [3.05, 3.63) is 104 Å². The summed E-state index contributed by atoms with van der Waals surface area (Å²) >= 11 is 0. The van der Waals surface area contributed by atoms with Gasteiger partial charge in [0.05, 0.1) is 17.0 Å². The number of ether oxygens (including phenoxy) is 1. The molecule has 0 radical (unpaired) electrons. The van der Waals surface area contributed by atoms with E-state index in [4.69, 9.17) is 9.15 Å². The van der Waals surface area contributed by atoms with E-state index in [0.717, 1.165) is 6.26 Å². The van der Waals surface area contributed by atoms with Crippen molar-refractivity contribution in [1.82, 2.24) is 9.80 Å². The lowest BCUT2D eigenvalue weighted by molar-refractivity contribution is -0.384. The Morgan fingerprint density at radius 3 is 2.26 bits per heavy atom. The normalized spacial score (nSPS) is 13.9. The summed E-state index contributed by atoms with van der Waals surface area (Å²) < 4.78 is 10.6. The molecule has 0 unspecified atom stereocenters. The first-order chi connectivity index (χ1) is 16.4. The van der Waals surface area contributed by atoms with Gasteiger partial charge in [-0.2, -0.15) is 0 Å². The number of esters is 1. The van der Waals surface area contributed by atoms with Crippen LogP contribution in [0.2, 0.25) is 0 Å². The topological polar surface area (TPSA) is 123 Å². The molecule has 0 N–H and O–H groups in total. The standard InChI is InChI=1S/C24H21N3O7/c28-21-14-20(15-25-10-12-26(13-11-25)23(29)17-4-2-1-3-5-17)33-16-22(21)34-24(30)18-6-8-19(9-7-18)27(31)32/h1-9,14,16H,10-13,15H2. The number of nitrogens with zero attached hydrogens (tertiary/aromatic N) is 3. The Morgan fingerprint density at radius 2 is 1.65 bits per heavy atom. The second-order valence-corrected chi connectivity index (χ2v) is 7.70. The van der Waals surface area contributed by atoms with Crippen molar-refractivity contribution in [2.75, 3.05) is 26.2 Å². The van der Waals surface area contributed by atoms with Crippen LogP contribution < -0.4 is 10.2 Å². The zero-order valence-electron chi connectivity index (χ0n) is 18.1. The Morgan fingerprint density at radius 1 is 0.971 bits per heavy atom. The molecule has 0 bridgehead atoms. The van der Waals surface area contributed by atoms with Crippen LogP contribution in [0, 0.1) is 10.1 Å². The van der Waals surface area contributed by atoms with Gasteiger partial charge in [-0.25, -0.2) is 4.79 Å². The zero-order valence-corrected chi connectivity index (χ0v) is 18.1. The van der Waals surface area contributed by atoms with Gasteiger partial charge in [0.1, 0.15) is 12.0 Å². The lowest BCUT2D eigenvalue weighted by atomic mass is 10.2. The second-order valence-electron chi connectivity index (χ2n) is 7.70. The first-order valence-electron chi connectivity index (χ1n) is 10.6. The van der Waals surface area contributed by atoms with Crippen LogP contribution in [0.3, 0.4) is 0 Å². The smallest absolute Gasteiger partial charge is 0.343 e. The van der Waals surface area contributed by atoms with Crippen molar-refractivity contribution >= 4 is 17.6 Å². The molecule has 0 atom stereocenters. The molecule has 10 heteroatoms. The van der Waals surface area contributed by atoms with Gasteiger partial charge in [-0.15, -0.1) is 0 Å². The summed E-state index contributed by atoms with van der Waals surface area (Å²) in [6.07, 6.45) is 1.08. The molecule has 1 aromatic heterocycles. The third-order valence-corrected chi connectivity index (χ3v) is 5.43. The molecule has 3 aromatic rings. The number of hydrogen-bond donors (Lipinski definition) is 0. The van der Waals surface area contributed by atoms with Gasteiger partial charge in [0, 0.05) is 49.9 Å². The number of non-ortho nitro benzene ring substituents is 1. The van der Waals surface area contributed by atoms with Gasteiger partial charge in [-0.05, 0) is 24.3 Å². The van der Waals surface area contributed by atoms with Crippen LogP contribution in [0.15, 0.2) is 76.1 Å². The first kappa shape index (κ1) is 22.9. The maximum absolute atomic E-state index is 12.6. The highest BCUT2D eigenvalue weighted by Gasteiger charge is 2.23. The highest BCUT2D eigenvalue weighted by molar-refractivity contribution is 5.94. The van der Waals surface area contributed by atoms with Crippen LogP contribution in [0.5, 0.6) is 5.75 Å². The molecule has 4 rings (SSSR count). The molecule has 2 aromatic carbocycles. The van der Waals surface area contributed by atoms with Gasteiger partial charge < -0.3 is 14.1 Å². The van der Waals surface area contributed by atoms with Crippen LogP contribution in [-0.4, -0.2) is 52.8 Å². The molecule has 1 amide bonds. The van der Waals surface area contributed by atoms with E-state index in [1.54, 1.807) is 17.0 Å². The largest absolute Gasteiger partial charge is 0.464 e. The van der Waals surface area contributed by atoms with Gasteiger partial charge in [0.15, 0.2) is 0 Å². The van der Waals surface area contributed by atoms with Gasteiger partial charge in [0.25, 0.3) is 11.6 Å². The molecular weight excluding hydrogens is 442 g/mol. The molecule has 0 spiro atoms. The van der Waals surface area contributed by atoms with E-state index in [0.29, 0.717) is 44.0 Å². The number of nitro groups is 1. The Kier molecular flexibility index (Phi) is 6.79. The van der Waals surface area contributed by atoms with Crippen molar-refractivity contribution < 1.29 is 23.7 Å². The fourth-order valence-electron chi connectivity index (χ4n) is 3.57. The lowest BCUT2D eigenvalue weighted by Crippen LogP contribution is -2.48. The van der Waals surface area contributed by atoms with Crippen molar-refractivity contribution in [1.29, 1.82) is 0 Å². The zero-order chi connectivity index (χ0) is 24.1. The van der Waals surface area contributed by atoms with E-state index in [1.165, 1.54) is 30.3 Å². The number of carbonyl (C=O) groups is 2. The molecule has 34 heavy (non-hydrogen) atoms. The Bertz CT molecular complexity index is 1250. The Balaban J connectivity index is 1.32. The van der Waals surface area contributed by atoms with E-state index >= 15 is 0 Å². The van der Waals surface area contributed by atoms with E-state index in [2.05, 4.69) is 4.90 Å². The van der Waals surface area contributed by atoms with Crippen LogP contribution in [0.4, 0.5) is 5.69 Å². The summed E-state index contributed by atoms with van der Waals surface area (Å²) in [6.45, 7) is 2.74. The van der Waals surface area contributed by atoms with E-state index in [-0.39, 0.29) is 22.9 Å². The summed E-state index contributed by atoms with van der Waals surface area (Å²) in [5, 5.41) is 10.7. The molecule has 1 fully saturated rings. The molecule has 10 nitrogen and oxygen atoms in total. The van der Waals surface area contributed by atoms with Gasteiger partial charge in [-0.1, -0.05) is 18.2 Å². The quantitative estimate of drug-likeness (QED) is 0.311. The minimum Gasteiger partial charge on any atom is -0.464 e. The minimum atomic E-state index is -0.825. The highest BCUT2D eigenvalue weighted by atomic mass is 16.6. The molecule has 174 valence electrons. The van der Waals surface area contributed by atoms with Gasteiger partial charge >= 0.3 is 5.97 Å².